The van der Waals surface area contributed by atoms with E-state index in [-0.39, 0.29) is 11.7 Å². The van der Waals surface area contributed by atoms with Crippen molar-refractivity contribution in [1.29, 1.82) is 0 Å². The minimum Gasteiger partial charge on any atom is -0.444 e. The van der Waals surface area contributed by atoms with Crippen LogP contribution < -0.4 is 5.43 Å². The van der Waals surface area contributed by atoms with Gasteiger partial charge in [0.15, 0.2) is 10.4 Å². The van der Waals surface area contributed by atoms with Crippen LogP contribution in [0.5, 0.6) is 0 Å². The van der Waals surface area contributed by atoms with E-state index in [9.17, 15) is 4.79 Å². The van der Waals surface area contributed by atoms with Crippen molar-refractivity contribution < 1.29 is 9.21 Å². The van der Waals surface area contributed by atoms with Gasteiger partial charge in [0.05, 0.1) is 0 Å². The third-order valence-corrected chi connectivity index (χ3v) is 2.46. The molecule has 0 bridgehead atoms. The summed E-state index contributed by atoms with van der Waals surface area (Å²) < 4.78 is 5.63. The lowest BCUT2D eigenvalue weighted by atomic mass is 10.2. The molecular formula is C11H15BrN2O2. The van der Waals surface area contributed by atoms with Gasteiger partial charge in [0.2, 0.25) is 0 Å². The van der Waals surface area contributed by atoms with Crippen LogP contribution in [0.1, 0.15) is 43.7 Å². The van der Waals surface area contributed by atoms with Crippen LogP contribution in [0, 0.1) is 0 Å². The summed E-state index contributed by atoms with van der Waals surface area (Å²) in [5.74, 6) is -0.0829. The molecule has 0 aromatic carbocycles. The highest BCUT2D eigenvalue weighted by atomic mass is 79.9. The highest BCUT2D eigenvalue weighted by molar-refractivity contribution is 9.10. The zero-order chi connectivity index (χ0) is 12.0. The molecule has 0 unspecified atom stereocenters. The number of rotatable bonds is 5. The average Bonchev–Trinajstić information content (AvgIpc) is 2.69. The van der Waals surface area contributed by atoms with Gasteiger partial charge in [-0.15, -0.1) is 0 Å². The lowest BCUT2D eigenvalue weighted by Gasteiger charge is -1.99. The van der Waals surface area contributed by atoms with Gasteiger partial charge in [-0.3, -0.25) is 4.79 Å². The molecule has 1 rings (SSSR count). The summed E-state index contributed by atoms with van der Waals surface area (Å²) >= 11 is 3.13. The summed E-state index contributed by atoms with van der Waals surface area (Å²) in [7, 11) is 0. The maximum atomic E-state index is 11.5. The number of furan rings is 1. The van der Waals surface area contributed by atoms with Crippen LogP contribution in [-0.4, -0.2) is 11.6 Å². The van der Waals surface area contributed by atoms with Crippen molar-refractivity contribution in [3.63, 3.8) is 0 Å². The Labute approximate surface area is 103 Å². The van der Waals surface area contributed by atoms with Gasteiger partial charge in [0.1, 0.15) is 0 Å². The molecule has 1 N–H and O–H groups in total. The lowest BCUT2D eigenvalue weighted by Crippen LogP contribution is -2.18. The molecule has 88 valence electrons. The number of halogens is 1. The average molecular weight is 287 g/mol. The molecule has 0 aliphatic carbocycles. The first-order valence-electron chi connectivity index (χ1n) is 5.22. The fourth-order valence-electron chi connectivity index (χ4n) is 1.13. The summed E-state index contributed by atoms with van der Waals surface area (Å²) in [6.07, 6.45) is 3.10. The van der Waals surface area contributed by atoms with E-state index in [2.05, 4.69) is 33.4 Å². The molecule has 1 aromatic heterocycles. The van der Waals surface area contributed by atoms with E-state index in [1.54, 1.807) is 12.1 Å². The van der Waals surface area contributed by atoms with Crippen molar-refractivity contribution in [2.75, 3.05) is 0 Å². The number of nitrogens with one attached hydrogen (secondary N) is 1. The first kappa shape index (κ1) is 13.0. The number of hydrogen-bond acceptors (Lipinski definition) is 3. The Morgan fingerprint density at radius 1 is 1.56 bits per heavy atom. The molecule has 16 heavy (non-hydrogen) atoms. The molecule has 0 spiro atoms. The van der Waals surface area contributed by atoms with Gasteiger partial charge in [-0.05, 0) is 47.8 Å². The Morgan fingerprint density at radius 2 is 2.31 bits per heavy atom. The number of amides is 1. The van der Waals surface area contributed by atoms with Crippen LogP contribution in [0.3, 0.4) is 0 Å². The Morgan fingerprint density at radius 3 is 2.88 bits per heavy atom. The van der Waals surface area contributed by atoms with E-state index in [1.807, 2.05) is 6.92 Å². The molecule has 0 aliphatic heterocycles. The summed E-state index contributed by atoms with van der Waals surface area (Å²) in [5.41, 5.74) is 3.37. The van der Waals surface area contributed by atoms with E-state index >= 15 is 0 Å². The molecule has 0 aliphatic rings. The second kappa shape index (κ2) is 6.48. The first-order valence-corrected chi connectivity index (χ1v) is 6.01. The molecular weight excluding hydrogens is 272 g/mol. The highest BCUT2D eigenvalue weighted by Gasteiger charge is 2.08. The quantitative estimate of drug-likeness (QED) is 0.667. The van der Waals surface area contributed by atoms with E-state index < -0.39 is 0 Å². The number of hydrogen-bond donors (Lipinski definition) is 1. The molecule has 0 saturated carbocycles. The molecule has 0 fully saturated rings. The summed E-state index contributed by atoms with van der Waals surface area (Å²) in [6, 6.07) is 3.26. The fraction of sp³-hybridized carbons (Fsp3) is 0.455. The van der Waals surface area contributed by atoms with E-state index in [0.29, 0.717) is 4.67 Å². The minimum atomic E-state index is -0.332. The zero-order valence-electron chi connectivity index (χ0n) is 9.42. The molecule has 1 aromatic rings. The predicted octanol–water partition coefficient (Wildman–Crippen LogP) is 3.34. The van der Waals surface area contributed by atoms with E-state index in [4.69, 9.17) is 4.42 Å². The van der Waals surface area contributed by atoms with Gasteiger partial charge in [0, 0.05) is 5.71 Å². The van der Waals surface area contributed by atoms with Crippen LogP contribution in [0.15, 0.2) is 26.3 Å². The summed E-state index contributed by atoms with van der Waals surface area (Å²) in [6.45, 7) is 4.01. The SMILES string of the molecule is CCCCC(C)=NNC(=O)c1ccc(Br)o1. The van der Waals surface area contributed by atoms with Crippen LogP contribution in [0.25, 0.3) is 0 Å². The predicted molar refractivity (Wildman–Crippen MR) is 66.5 cm³/mol. The molecule has 5 heteroatoms. The maximum absolute atomic E-state index is 11.5. The number of unbranched alkanes of at least 4 members (excludes halogenated alkanes) is 1. The Balaban J connectivity index is 2.46. The Hall–Kier alpha value is -1.10. The van der Waals surface area contributed by atoms with Crippen molar-refractivity contribution in [2.45, 2.75) is 33.1 Å². The maximum Gasteiger partial charge on any atom is 0.307 e. The lowest BCUT2D eigenvalue weighted by molar-refractivity contribution is 0.0926. The van der Waals surface area contributed by atoms with Crippen molar-refractivity contribution in [2.24, 2.45) is 5.10 Å². The van der Waals surface area contributed by atoms with Crippen LogP contribution in [-0.2, 0) is 0 Å². The number of hydrazone groups is 1. The third kappa shape index (κ3) is 4.18. The van der Waals surface area contributed by atoms with Gasteiger partial charge >= 0.3 is 5.91 Å². The fourth-order valence-corrected chi connectivity index (χ4v) is 1.43. The normalized spacial score (nSPS) is 11.6. The molecule has 1 heterocycles. The summed E-state index contributed by atoms with van der Waals surface area (Å²) in [4.78, 5) is 11.5. The Kier molecular flexibility index (Phi) is 5.25. The van der Waals surface area contributed by atoms with Gasteiger partial charge in [-0.1, -0.05) is 13.3 Å². The first-order chi connectivity index (χ1) is 7.63. The van der Waals surface area contributed by atoms with Crippen molar-refractivity contribution >= 4 is 27.5 Å². The van der Waals surface area contributed by atoms with Gasteiger partial charge in [-0.25, -0.2) is 5.43 Å². The van der Waals surface area contributed by atoms with E-state index in [0.717, 1.165) is 25.0 Å². The van der Waals surface area contributed by atoms with Gasteiger partial charge < -0.3 is 4.42 Å². The number of carbonyl (C=O) groups is 1. The molecule has 1 amide bonds. The monoisotopic (exact) mass is 286 g/mol. The second-order valence-corrected chi connectivity index (χ2v) is 4.28. The molecule has 0 saturated heterocycles. The van der Waals surface area contributed by atoms with Crippen molar-refractivity contribution in [3.8, 4) is 0 Å². The second-order valence-electron chi connectivity index (χ2n) is 3.50. The topological polar surface area (TPSA) is 54.6 Å². The van der Waals surface area contributed by atoms with Crippen LogP contribution >= 0.6 is 15.9 Å². The molecule has 0 atom stereocenters. The largest absolute Gasteiger partial charge is 0.444 e. The van der Waals surface area contributed by atoms with Crippen molar-refractivity contribution in [3.05, 3.63) is 22.6 Å². The molecule has 4 nitrogen and oxygen atoms in total. The standard InChI is InChI=1S/C11H15BrN2O2/c1-3-4-5-8(2)13-14-11(15)9-6-7-10(12)16-9/h6-7H,3-5H2,1-2H3,(H,14,15). The molecule has 0 radical (unpaired) electrons. The number of nitrogens with zero attached hydrogens (tertiary/aromatic N) is 1. The van der Waals surface area contributed by atoms with Crippen LogP contribution in [0.2, 0.25) is 0 Å². The number of carbonyl (C=O) groups excluding carboxylic acids is 1. The van der Waals surface area contributed by atoms with Crippen molar-refractivity contribution in [1.82, 2.24) is 5.43 Å². The Bertz CT molecular complexity index is 385. The summed E-state index contributed by atoms with van der Waals surface area (Å²) in [5, 5.41) is 3.99. The van der Waals surface area contributed by atoms with Gasteiger partial charge in [-0.2, -0.15) is 5.10 Å². The smallest absolute Gasteiger partial charge is 0.307 e. The van der Waals surface area contributed by atoms with E-state index in [1.165, 1.54) is 0 Å². The third-order valence-electron chi connectivity index (χ3n) is 2.04. The minimum absolute atomic E-state index is 0.249. The van der Waals surface area contributed by atoms with Gasteiger partial charge in [0.25, 0.3) is 0 Å². The van der Waals surface area contributed by atoms with Crippen LogP contribution in [0.4, 0.5) is 0 Å². The highest BCUT2D eigenvalue weighted by Crippen LogP contribution is 2.13. The zero-order valence-corrected chi connectivity index (χ0v) is 11.0.